The Morgan fingerprint density at radius 1 is 1.28 bits per heavy atom. The minimum absolute atomic E-state index is 0. The Balaban J connectivity index is 0.00000289. The van der Waals surface area contributed by atoms with Crippen molar-refractivity contribution in [3.63, 3.8) is 0 Å². The van der Waals surface area contributed by atoms with Crippen LogP contribution >= 0.6 is 24.0 Å². The summed E-state index contributed by atoms with van der Waals surface area (Å²) in [7, 11) is 0. The first-order valence-electron chi connectivity index (χ1n) is 5.74. The lowest BCUT2D eigenvalue weighted by atomic mass is 9.95. The predicted octanol–water partition coefficient (Wildman–Crippen LogP) is 2.92. The number of hydrogen-bond acceptors (Lipinski definition) is 2. The molecule has 1 amide bonds. The lowest BCUT2D eigenvalue weighted by Gasteiger charge is -2.24. The molecule has 0 aliphatic rings. The highest BCUT2D eigenvalue weighted by molar-refractivity contribution is 6.31. The largest absolute Gasteiger partial charge is 0.348 e. The highest BCUT2D eigenvalue weighted by atomic mass is 35.5. The summed E-state index contributed by atoms with van der Waals surface area (Å²) in [6.45, 7) is 5.74. The van der Waals surface area contributed by atoms with Gasteiger partial charge in [0.1, 0.15) is 0 Å². The van der Waals surface area contributed by atoms with E-state index in [-0.39, 0.29) is 30.3 Å². The van der Waals surface area contributed by atoms with Gasteiger partial charge in [-0.25, -0.2) is 0 Å². The summed E-state index contributed by atoms with van der Waals surface area (Å²) in [6.07, 6.45) is 0. The van der Waals surface area contributed by atoms with Crippen LogP contribution in [0, 0.1) is 5.92 Å². The van der Waals surface area contributed by atoms with Crippen LogP contribution in [-0.2, 0) is 4.79 Å². The Labute approximate surface area is 119 Å². The fourth-order valence-electron chi connectivity index (χ4n) is 1.62. The van der Waals surface area contributed by atoms with Crippen molar-refractivity contribution in [1.29, 1.82) is 0 Å². The third-order valence-corrected chi connectivity index (χ3v) is 2.96. The maximum atomic E-state index is 11.7. The molecule has 0 bridgehead atoms. The van der Waals surface area contributed by atoms with Crippen molar-refractivity contribution in [2.24, 2.45) is 11.7 Å². The molecule has 0 radical (unpaired) electrons. The molecular weight excluding hydrogens is 271 g/mol. The van der Waals surface area contributed by atoms with Crippen molar-refractivity contribution < 1.29 is 4.79 Å². The van der Waals surface area contributed by atoms with Gasteiger partial charge in [-0.3, -0.25) is 4.79 Å². The van der Waals surface area contributed by atoms with Gasteiger partial charge in [-0.15, -0.1) is 12.4 Å². The van der Waals surface area contributed by atoms with Crippen molar-refractivity contribution in [2.75, 3.05) is 0 Å². The summed E-state index contributed by atoms with van der Waals surface area (Å²) in [5.41, 5.74) is 6.48. The van der Waals surface area contributed by atoms with E-state index >= 15 is 0 Å². The van der Waals surface area contributed by atoms with E-state index in [2.05, 4.69) is 5.32 Å². The van der Waals surface area contributed by atoms with Crippen molar-refractivity contribution >= 4 is 29.9 Å². The van der Waals surface area contributed by atoms with Crippen molar-refractivity contribution in [3.05, 3.63) is 34.9 Å². The van der Waals surface area contributed by atoms with E-state index < -0.39 is 6.04 Å². The van der Waals surface area contributed by atoms with Gasteiger partial charge in [-0.1, -0.05) is 43.6 Å². The molecule has 0 saturated heterocycles. The zero-order valence-corrected chi connectivity index (χ0v) is 12.4. The maximum Gasteiger partial charge on any atom is 0.237 e. The van der Waals surface area contributed by atoms with Crippen LogP contribution in [-0.4, -0.2) is 11.9 Å². The molecular formula is C13H20Cl2N2O. The third kappa shape index (κ3) is 4.48. The van der Waals surface area contributed by atoms with Gasteiger partial charge in [0.25, 0.3) is 0 Å². The molecule has 0 aliphatic heterocycles. The molecule has 0 aliphatic carbocycles. The molecule has 102 valence electrons. The van der Waals surface area contributed by atoms with Crippen LogP contribution in [0.2, 0.25) is 5.02 Å². The third-order valence-electron chi connectivity index (χ3n) is 2.62. The maximum absolute atomic E-state index is 11.7. The minimum Gasteiger partial charge on any atom is -0.348 e. The van der Waals surface area contributed by atoms with E-state index in [9.17, 15) is 4.79 Å². The van der Waals surface area contributed by atoms with E-state index in [1.165, 1.54) is 0 Å². The van der Waals surface area contributed by atoms with Crippen molar-refractivity contribution in [3.8, 4) is 0 Å². The molecule has 0 spiro atoms. The Morgan fingerprint density at radius 2 is 1.83 bits per heavy atom. The van der Waals surface area contributed by atoms with Gasteiger partial charge < -0.3 is 11.1 Å². The monoisotopic (exact) mass is 290 g/mol. The molecule has 5 heteroatoms. The molecule has 0 aromatic heterocycles. The fourth-order valence-corrected chi connectivity index (χ4v) is 1.87. The molecule has 3 nitrogen and oxygen atoms in total. The average molecular weight is 291 g/mol. The van der Waals surface area contributed by atoms with E-state index in [1.54, 1.807) is 6.92 Å². The molecule has 1 unspecified atom stereocenters. The van der Waals surface area contributed by atoms with Crippen LogP contribution in [0.5, 0.6) is 0 Å². The number of carbonyl (C=O) groups is 1. The zero-order valence-electron chi connectivity index (χ0n) is 10.8. The lowest BCUT2D eigenvalue weighted by molar-refractivity contribution is -0.123. The molecule has 0 saturated carbocycles. The van der Waals surface area contributed by atoms with Gasteiger partial charge in [0.05, 0.1) is 12.1 Å². The van der Waals surface area contributed by atoms with E-state index in [1.807, 2.05) is 38.1 Å². The van der Waals surface area contributed by atoms with Crippen LogP contribution < -0.4 is 11.1 Å². The quantitative estimate of drug-likeness (QED) is 0.896. The number of amides is 1. The molecule has 3 N–H and O–H groups in total. The lowest BCUT2D eigenvalue weighted by Crippen LogP contribution is -2.41. The summed E-state index contributed by atoms with van der Waals surface area (Å²) in [4.78, 5) is 11.7. The molecule has 0 fully saturated rings. The summed E-state index contributed by atoms with van der Waals surface area (Å²) in [6, 6.07) is 6.91. The molecule has 2 atom stereocenters. The van der Waals surface area contributed by atoms with E-state index in [0.717, 1.165) is 5.56 Å². The van der Waals surface area contributed by atoms with Gasteiger partial charge >= 0.3 is 0 Å². The summed E-state index contributed by atoms with van der Waals surface area (Å²) >= 11 is 6.14. The van der Waals surface area contributed by atoms with Crippen molar-refractivity contribution in [2.45, 2.75) is 32.9 Å². The van der Waals surface area contributed by atoms with E-state index in [4.69, 9.17) is 17.3 Å². The molecule has 1 aromatic rings. The molecule has 18 heavy (non-hydrogen) atoms. The topological polar surface area (TPSA) is 55.1 Å². The first-order chi connectivity index (χ1) is 7.93. The van der Waals surface area contributed by atoms with E-state index in [0.29, 0.717) is 5.02 Å². The highest BCUT2D eigenvalue weighted by Crippen LogP contribution is 2.27. The molecule has 0 heterocycles. The SMILES string of the molecule is CC(C)C(NC(=O)[C@H](C)N)c1ccccc1Cl.Cl. The van der Waals surface area contributed by atoms with Crippen molar-refractivity contribution in [1.82, 2.24) is 5.32 Å². The van der Waals surface area contributed by atoms with Crippen LogP contribution in [0.25, 0.3) is 0 Å². The van der Waals surface area contributed by atoms with Crippen LogP contribution in [0.3, 0.4) is 0 Å². The summed E-state index contributed by atoms with van der Waals surface area (Å²) in [5.74, 6) is 0.0845. The van der Waals surface area contributed by atoms with Crippen LogP contribution in [0.15, 0.2) is 24.3 Å². The Bertz CT molecular complexity index is 394. The minimum atomic E-state index is -0.515. The van der Waals surface area contributed by atoms with Gasteiger partial charge in [0, 0.05) is 5.02 Å². The second-order valence-electron chi connectivity index (χ2n) is 4.54. The first-order valence-corrected chi connectivity index (χ1v) is 6.11. The van der Waals surface area contributed by atoms with Crippen LogP contribution in [0.1, 0.15) is 32.4 Å². The highest BCUT2D eigenvalue weighted by Gasteiger charge is 2.21. The summed E-state index contributed by atoms with van der Waals surface area (Å²) in [5, 5.41) is 3.59. The van der Waals surface area contributed by atoms with Gasteiger partial charge in [-0.05, 0) is 24.5 Å². The number of halogens is 2. The number of rotatable bonds is 4. The standard InChI is InChI=1S/C13H19ClN2O.ClH/c1-8(2)12(16-13(17)9(3)15)10-6-4-5-7-11(10)14;/h4-9,12H,15H2,1-3H3,(H,16,17);1H/t9-,12?;/m0./s1. The van der Waals surface area contributed by atoms with Crippen LogP contribution in [0.4, 0.5) is 0 Å². The second kappa shape index (κ2) is 7.62. The smallest absolute Gasteiger partial charge is 0.237 e. The number of nitrogens with one attached hydrogen (secondary N) is 1. The number of nitrogens with two attached hydrogens (primary N) is 1. The number of benzene rings is 1. The van der Waals surface area contributed by atoms with Gasteiger partial charge in [0.2, 0.25) is 5.91 Å². The predicted molar refractivity (Wildman–Crippen MR) is 78.1 cm³/mol. The average Bonchev–Trinajstić information content (AvgIpc) is 2.26. The Hall–Kier alpha value is -0.770. The molecule has 1 aromatic carbocycles. The first kappa shape index (κ1) is 17.2. The Kier molecular flexibility index (Phi) is 7.29. The number of hydrogen-bond donors (Lipinski definition) is 2. The molecule has 1 rings (SSSR count). The second-order valence-corrected chi connectivity index (χ2v) is 4.95. The van der Waals surface area contributed by atoms with Gasteiger partial charge in [0.15, 0.2) is 0 Å². The summed E-state index contributed by atoms with van der Waals surface area (Å²) < 4.78 is 0. The van der Waals surface area contributed by atoms with Gasteiger partial charge in [-0.2, -0.15) is 0 Å². The zero-order chi connectivity index (χ0) is 13.0. The normalized spacial score (nSPS) is 13.7. The number of carbonyl (C=O) groups excluding carboxylic acids is 1. The Morgan fingerprint density at radius 3 is 2.28 bits per heavy atom. The fraction of sp³-hybridized carbons (Fsp3) is 0.462.